The molecule has 4 aliphatic carbocycles. The number of aldehydes is 1. The predicted molar refractivity (Wildman–Crippen MR) is 250 cm³/mol. The Morgan fingerprint density at radius 3 is 1.33 bits per heavy atom. The van der Waals surface area contributed by atoms with Crippen LogP contribution in [-0.4, -0.2) is 35.1 Å². The lowest BCUT2D eigenvalue weighted by Crippen LogP contribution is -2.71. The molecular weight excluding hydrogens is 765 g/mol. The van der Waals surface area contributed by atoms with Crippen LogP contribution in [0, 0.1) is 28.6 Å². The van der Waals surface area contributed by atoms with E-state index in [-0.39, 0.29) is 17.6 Å². The first kappa shape index (κ1) is 39.2. The monoisotopic (exact) mass is 820 g/mol. The van der Waals surface area contributed by atoms with Crippen LogP contribution in [0.1, 0.15) is 58.3 Å². The van der Waals surface area contributed by atoms with Gasteiger partial charge in [0.2, 0.25) is 0 Å². The lowest BCUT2D eigenvalue weighted by atomic mass is 9.48. The van der Waals surface area contributed by atoms with Crippen LogP contribution in [0.25, 0.3) is 0 Å². The molecule has 0 radical (unpaired) electrons. The Bertz CT molecular complexity index is 2220. The summed E-state index contributed by atoms with van der Waals surface area (Å²) in [6.45, 7) is 2.55. The van der Waals surface area contributed by atoms with Crippen LogP contribution in [0.15, 0.2) is 194 Å². The SMILES string of the molecule is C[C@]12CC[C@@H]3[C@@H](CC=C4CC(O[Si](c5ccccc5)(c5ccccc5)c5ccccc5)CC[C@@]43C=O)[C@@H]1CCC2O[Si](c1ccccc1)(c1ccccc1)c1ccccc1. The van der Waals surface area contributed by atoms with Gasteiger partial charge in [-0.1, -0.05) is 201 Å². The molecule has 0 bridgehead atoms. The zero-order valence-electron chi connectivity index (χ0n) is 34.7. The summed E-state index contributed by atoms with van der Waals surface area (Å²) < 4.78 is 15.7. The van der Waals surface area contributed by atoms with E-state index in [2.05, 4.69) is 195 Å². The smallest absolute Gasteiger partial charge is 0.288 e. The fraction of sp³-hybridized carbons (Fsp3) is 0.291. The Labute approximate surface area is 358 Å². The maximum absolute atomic E-state index is 13.8. The highest BCUT2D eigenvalue weighted by Gasteiger charge is 2.62. The van der Waals surface area contributed by atoms with E-state index in [1.165, 1.54) is 43.0 Å². The molecule has 0 N–H and O–H groups in total. The third kappa shape index (κ3) is 6.39. The highest BCUT2D eigenvalue weighted by molar-refractivity contribution is 7.07. The van der Waals surface area contributed by atoms with Crippen molar-refractivity contribution in [3.8, 4) is 0 Å². The number of carbonyl (C=O) groups is 1. The molecule has 3 saturated carbocycles. The summed E-state index contributed by atoms with van der Waals surface area (Å²) in [7, 11) is -5.78. The molecule has 0 aliphatic heterocycles. The van der Waals surface area contributed by atoms with E-state index in [0.717, 1.165) is 51.4 Å². The molecule has 5 heteroatoms. The van der Waals surface area contributed by atoms with Gasteiger partial charge in [-0.3, -0.25) is 0 Å². The largest absolute Gasteiger partial charge is 0.401 e. The first-order valence-corrected chi connectivity index (χ1v) is 26.2. The molecule has 302 valence electrons. The normalized spacial score (nSPS) is 27.5. The summed E-state index contributed by atoms with van der Waals surface area (Å²) in [4.78, 5) is 13.8. The van der Waals surface area contributed by atoms with Crippen molar-refractivity contribution in [1.29, 1.82) is 0 Å². The molecule has 2 unspecified atom stereocenters. The van der Waals surface area contributed by atoms with Gasteiger partial charge in [0.25, 0.3) is 16.6 Å². The summed E-state index contributed by atoms with van der Waals surface area (Å²) in [6, 6.07) is 66.0. The van der Waals surface area contributed by atoms with Gasteiger partial charge in [-0.05, 0) is 106 Å². The fourth-order valence-electron chi connectivity index (χ4n) is 12.7. The van der Waals surface area contributed by atoms with Gasteiger partial charge >= 0.3 is 0 Å². The number of rotatable bonds is 11. The summed E-state index contributed by atoms with van der Waals surface area (Å²) in [5.74, 6) is 1.33. The van der Waals surface area contributed by atoms with Gasteiger partial charge in [-0.15, -0.1) is 0 Å². The van der Waals surface area contributed by atoms with Crippen molar-refractivity contribution in [2.75, 3.05) is 0 Å². The van der Waals surface area contributed by atoms with Crippen molar-refractivity contribution < 1.29 is 13.6 Å². The van der Waals surface area contributed by atoms with Gasteiger partial charge < -0.3 is 13.6 Å². The van der Waals surface area contributed by atoms with Crippen molar-refractivity contribution in [3.63, 3.8) is 0 Å². The number of carbonyl (C=O) groups excluding carboxylic acids is 1. The predicted octanol–water partition coefficient (Wildman–Crippen LogP) is 8.23. The fourth-order valence-corrected chi connectivity index (χ4v) is 21.0. The molecule has 0 saturated heterocycles. The molecule has 0 spiro atoms. The van der Waals surface area contributed by atoms with E-state index < -0.39 is 22.0 Å². The standard InChI is InChI=1S/C55H56O3Si2/c1-54-38-37-52-50(51(54)34-35-53(54)58-60(47-26-14-5-15-27-47,48-28-16-6-17-29-48)49-30-18-7-19-31-49)33-32-42-40-43(36-39-55(42,52)41-56)57-59(44-20-8-2-9-21-44,45-22-10-3-11-23-45)46-24-12-4-13-25-46/h2-32,41,43,50-53H,33-40H2,1H3/t43?,50-,51-,52+,53?,54-,55+/m0/s1. The third-order valence-corrected chi connectivity index (χ3v) is 23.7. The van der Waals surface area contributed by atoms with Gasteiger partial charge in [-0.25, -0.2) is 0 Å². The lowest BCUT2D eigenvalue weighted by Gasteiger charge is -2.57. The summed E-state index contributed by atoms with van der Waals surface area (Å²) >= 11 is 0. The molecule has 4 aliphatic rings. The van der Waals surface area contributed by atoms with Gasteiger partial charge in [0.05, 0.1) is 11.5 Å². The Balaban J connectivity index is 0.967. The van der Waals surface area contributed by atoms with E-state index in [1.54, 1.807) is 0 Å². The van der Waals surface area contributed by atoms with Crippen LogP contribution < -0.4 is 31.1 Å². The van der Waals surface area contributed by atoms with Gasteiger partial charge in [0.15, 0.2) is 0 Å². The van der Waals surface area contributed by atoms with Crippen molar-refractivity contribution in [3.05, 3.63) is 194 Å². The Kier molecular flexibility index (Phi) is 10.6. The second-order valence-corrected chi connectivity index (χ2v) is 24.9. The van der Waals surface area contributed by atoms with Crippen molar-refractivity contribution in [1.82, 2.24) is 0 Å². The highest BCUT2D eigenvalue weighted by atomic mass is 28.4. The van der Waals surface area contributed by atoms with Crippen LogP contribution in [0.3, 0.4) is 0 Å². The molecule has 6 aromatic carbocycles. The summed E-state index contributed by atoms with van der Waals surface area (Å²) in [6.07, 6.45) is 12.0. The third-order valence-electron chi connectivity index (χ3n) is 15.5. The molecule has 0 aromatic heterocycles. The summed E-state index contributed by atoms with van der Waals surface area (Å²) in [5.41, 5.74) is 0.945. The molecule has 6 aromatic rings. The first-order valence-electron chi connectivity index (χ1n) is 22.4. The number of allylic oxidation sites excluding steroid dienone is 1. The Morgan fingerprint density at radius 2 is 0.917 bits per heavy atom. The molecule has 0 heterocycles. The minimum atomic E-state index is -2.89. The van der Waals surface area contributed by atoms with E-state index in [0.29, 0.717) is 17.8 Å². The molecule has 7 atom stereocenters. The van der Waals surface area contributed by atoms with Crippen molar-refractivity contribution in [2.45, 2.75) is 70.5 Å². The Morgan fingerprint density at radius 1 is 0.500 bits per heavy atom. The highest BCUT2D eigenvalue weighted by Crippen LogP contribution is 2.65. The molecule has 3 nitrogen and oxygen atoms in total. The molecular formula is C55H56O3Si2. The summed E-state index contributed by atoms with van der Waals surface area (Å²) in [5, 5.41) is 7.67. The number of benzene rings is 6. The van der Waals surface area contributed by atoms with Crippen LogP contribution in [-0.2, 0) is 13.6 Å². The molecule has 10 rings (SSSR count). The van der Waals surface area contributed by atoms with Crippen molar-refractivity contribution in [2.24, 2.45) is 28.6 Å². The van der Waals surface area contributed by atoms with E-state index in [9.17, 15) is 4.79 Å². The maximum atomic E-state index is 13.8. The zero-order valence-corrected chi connectivity index (χ0v) is 36.7. The number of hydrogen-bond acceptors (Lipinski definition) is 3. The van der Waals surface area contributed by atoms with Crippen LogP contribution in [0.2, 0.25) is 0 Å². The van der Waals surface area contributed by atoms with Gasteiger partial charge in [-0.2, -0.15) is 0 Å². The Hall–Kier alpha value is -4.92. The zero-order chi connectivity index (χ0) is 40.6. The first-order chi connectivity index (χ1) is 29.5. The number of fused-ring (bicyclic) bond motifs is 5. The topological polar surface area (TPSA) is 35.5 Å². The second kappa shape index (κ2) is 16.2. The average molecular weight is 821 g/mol. The van der Waals surface area contributed by atoms with E-state index in [4.69, 9.17) is 8.85 Å². The quantitative estimate of drug-likeness (QED) is 0.0573. The molecule has 3 fully saturated rings. The molecule has 60 heavy (non-hydrogen) atoms. The van der Waals surface area contributed by atoms with Crippen LogP contribution in [0.5, 0.6) is 0 Å². The van der Waals surface area contributed by atoms with Crippen LogP contribution in [0.4, 0.5) is 0 Å². The van der Waals surface area contributed by atoms with Gasteiger partial charge in [0.1, 0.15) is 6.29 Å². The molecule has 0 amide bonds. The minimum absolute atomic E-state index is 0.0262. The van der Waals surface area contributed by atoms with E-state index >= 15 is 0 Å². The number of hydrogen-bond donors (Lipinski definition) is 0. The van der Waals surface area contributed by atoms with E-state index in [1.807, 2.05) is 0 Å². The second-order valence-electron chi connectivity index (χ2n) is 18.3. The minimum Gasteiger partial charge on any atom is -0.401 e. The van der Waals surface area contributed by atoms with Crippen molar-refractivity contribution >= 4 is 54.0 Å². The lowest BCUT2D eigenvalue weighted by molar-refractivity contribution is -0.127. The maximum Gasteiger partial charge on any atom is 0.288 e. The average Bonchev–Trinajstić information content (AvgIpc) is 3.66. The van der Waals surface area contributed by atoms with Gasteiger partial charge in [0, 0.05) is 6.10 Å². The van der Waals surface area contributed by atoms with Crippen LogP contribution >= 0.6 is 0 Å².